The number of para-hydroxylation sites is 4. The van der Waals surface area contributed by atoms with E-state index in [-0.39, 0.29) is 11.4 Å². The van der Waals surface area contributed by atoms with Gasteiger partial charge in [0.15, 0.2) is 0 Å². The highest BCUT2D eigenvalue weighted by molar-refractivity contribution is 7.93. The van der Waals surface area contributed by atoms with Crippen LogP contribution < -0.4 is 18.9 Å². The van der Waals surface area contributed by atoms with Crippen molar-refractivity contribution in [2.45, 2.75) is 22.5 Å². The molecular formula is C44H30F6N8O6S2. The molecular weight excluding hydrogens is 915 g/mol. The lowest BCUT2D eigenvalue weighted by atomic mass is 10.1. The molecule has 22 heteroatoms. The first kappa shape index (κ1) is 43.3. The largest absolute Gasteiger partial charge is 0.573 e. The summed E-state index contributed by atoms with van der Waals surface area (Å²) in [5.41, 5.74) is 6.07. The Balaban J connectivity index is 0.000000166. The van der Waals surface area contributed by atoms with Crippen LogP contribution in [0.2, 0.25) is 0 Å². The zero-order valence-corrected chi connectivity index (χ0v) is 34.9. The SMILES string of the molecule is O=S(=O)(Nc1ccc2[nH]nc(-c3cc4ccccc4[nH]3)c2c1)c1ccccc1OC(F)(F)F.O=S(=O)(Nc1ccc2[nH]nc(-c3cc4ccccc4[nH]3)c2c1)c1ccccc1OC(F)(F)F. The molecule has 14 nitrogen and oxygen atoms in total. The highest BCUT2D eigenvalue weighted by Gasteiger charge is 2.35. The van der Waals surface area contributed by atoms with E-state index in [1.165, 1.54) is 36.4 Å². The number of hydrogen-bond donors (Lipinski definition) is 6. The first-order chi connectivity index (χ1) is 31.4. The Morgan fingerprint density at radius 3 is 1.23 bits per heavy atom. The molecule has 0 atom stereocenters. The second-order valence-corrected chi connectivity index (χ2v) is 17.7. The fourth-order valence-corrected chi connectivity index (χ4v) is 9.51. The van der Waals surface area contributed by atoms with Crippen LogP contribution in [0, 0.1) is 0 Å². The van der Waals surface area contributed by atoms with Crippen molar-refractivity contribution in [2.75, 3.05) is 9.44 Å². The van der Waals surface area contributed by atoms with Crippen LogP contribution in [0.25, 0.3) is 66.4 Å². The number of H-pyrrole nitrogens is 4. The third-order valence-corrected chi connectivity index (χ3v) is 12.8. The summed E-state index contributed by atoms with van der Waals surface area (Å²) >= 11 is 0. The minimum absolute atomic E-state index is 0.156. The van der Waals surface area contributed by atoms with Gasteiger partial charge in [0, 0.05) is 44.0 Å². The number of nitrogens with zero attached hydrogens (tertiary/aromatic N) is 2. The molecule has 0 radical (unpaired) electrons. The van der Waals surface area contributed by atoms with Gasteiger partial charge in [0.05, 0.1) is 22.4 Å². The summed E-state index contributed by atoms with van der Waals surface area (Å²) in [5.74, 6) is -1.64. The number of rotatable bonds is 10. The van der Waals surface area contributed by atoms with Crippen LogP contribution in [0.1, 0.15) is 0 Å². The zero-order valence-electron chi connectivity index (χ0n) is 33.3. The average Bonchev–Trinajstić information content (AvgIpc) is 4.07. The highest BCUT2D eigenvalue weighted by atomic mass is 32.2. The lowest BCUT2D eigenvalue weighted by Crippen LogP contribution is -2.20. The van der Waals surface area contributed by atoms with Gasteiger partial charge in [-0.05, 0) is 84.9 Å². The van der Waals surface area contributed by atoms with E-state index < -0.39 is 54.1 Å². The van der Waals surface area contributed by atoms with Gasteiger partial charge in [-0.15, -0.1) is 26.3 Å². The molecule has 0 fully saturated rings. The van der Waals surface area contributed by atoms with Gasteiger partial charge < -0.3 is 19.4 Å². The van der Waals surface area contributed by atoms with E-state index in [0.29, 0.717) is 33.2 Å². The van der Waals surface area contributed by atoms with Crippen molar-refractivity contribution in [3.8, 4) is 34.3 Å². The fraction of sp³-hybridized carbons (Fsp3) is 0.0455. The molecule has 4 aromatic heterocycles. The summed E-state index contributed by atoms with van der Waals surface area (Å²) in [6.07, 6.45) is -10.1. The number of aromatic amines is 4. The molecule has 0 aliphatic carbocycles. The molecule has 0 bridgehead atoms. The van der Waals surface area contributed by atoms with Gasteiger partial charge in [-0.3, -0.25) is 19.6 Å². The summed E-state index contributed by atoms with van der Waals surface area (Å²) in [4.78, 5) is 5.27. The van der Waals surface area contributed by atoms with E-state index in [4.69, 9.17) is 0 Å². The third kappa shape index (κ3) is 9.17. The molecule has 336 valence electrons. The Bertz CT molecular complexity index is 3350. The van der Waals surface area contributed by atoms with Gasteiger partial charge in [0.2, 0.25) is 0 Å². The topological polar surface area (TPSA) is 200 Å². The lowest BCUT2D eigenvalue weighted by Gasteiger charge is -2.14. The summed E-state index contributed by atoms with van der Waals surface area (Å²) in [6, 6.07) is 37.7. The van der Waals surface area contributed by atoms with Crippen LogP contribution in [-0.4, -0.2) is 59.9 Å². The van der Waals surface area contributed by atoms with Crippen LogP contribution in [0.5, 0.6) is 11.5 Å². The number of nitrogens with one attached hydrogen (secondary N) is 6. The molecule has 0 saturated carbocycles. The van der Waals surface area contributed by atoms with Gasteiger partial charge in [-0.2, -0.15) is 10.2 Å². The van der Waals surface area contributed by atoms with Crippen LogP contribution in [0.4, 0.5) is 37.7 Å². The minimum atomic E-state index is -5.03. The van der Waals surface area contributed by atoms with Crippen molar-refractivity contribution in [1.82, 2.24) is 30.4 Å². The normalized spacial score (nSPS) is 12.3. The molecule has 0 aliphatic rings. The molecule has 0 aliphatic heterocycles. The fourth-order valence-electron chi connectivity index (χ4n) is 7.15. The van der Waals surface area contributed by atoms with E-state index in [2.05, 4.69) is 49.3 Å². The van der Waals surface area contributed by atoms with Gasteiger partial charge in [0.25, 0.3) is 20.0 Å². The Labute approximate surface area is 368 Å². The Hall–Kier alpha value is -7.98. The number of anilines is 2. The van der Waals surface area contributed by atoms with Crippen molar-refractivity contribution >= 4 is 75.0 Å². The molecule has 66 heavy (non-hydrogen) atoms. The first-order valence-corrected chi connectivity index (χ1v) is 22.2. The van der Waals surface area contributed by atoms with Crippen LogP contribution in [0.3, 0.4) is 0 Å². The summed E-state index contributed by atoms with van der Waals surface area (Å²) in [7, 11) is -8.76. The number of hydrogen-bond acceptors (Lipinski definition) is 8. The second-order valence-electron chi connectivity index (χ2n) is 14.4. The van der Waals surface area contributed by atoms with Crippen LogP contribution in [-0.2, 0) is 20.0 Å². The standard InChI is InChI=1S/2C22H15F3N4O3S/c2*23-22(24,25)32-19-7-3-4-8-20(19)33(30,31)29-14-9-10-17-15(12-14)21(28-27-17)18-11-13-5-1-2-6-16(13)26-18/h2*1-12,26,29H,(H,27,28). The Morgan fingerprint density at radius 1 is 0.455 bits per heavy atom. The van der Waals surface area contributed by atoms with Crippen molar-refractivity contribution in [1.29, 1.82) is 0 Å². The van der Waals surface area contributed by atoms with Gasteiger partial charge in [0.1, 0.15) is 32.7 Å². The number of fused-ring (bicyclic) bond motifs is 4. The molecule has 10 aromatic rings. The minimum Gasteiger partial charge on any atom is -0.404 e. The van der Waals surface area contributed by atoms with E-state index in [9.17, 15) is 43.2 Å². The van der Waals surface area contributed by atoms with Gasteiger partial charge in [-0.25, -0.2) is 16.8 Å². The number of halogens is 6. The predicted molar refractivity (Wildman–Crippen MR) is 235 cm³/mol. The summed E-state index contributed by atoms with van der Waals surface area (Å²) in [6.45, 7) is 0. The monoisotopic (exact) mass is 944 g/mol. The van der Waals surface area contributed by atoms with E-state index in [1.807, 2.05) is 60.7 Å². The first-order valence-electron chi connectivity index (χ1n) is 19.3. The molecule has 4 heterocycles. The average molecular weight is 945 g/mol. The molecule has 0 saturated heterocycles. The van der Waals surface area contributed by atoms with Crippen molar-refractivity contribution in [3.63, 3.8) is 0 Å². The quantitative estimate of drug-likeness (QED) is 0.0727. The van der Waals surface area contributed by atoms with Crippen LogP contribution >= 0.6 is 0 Å². The van der Waals surface area contributed by atoms with E-state index in [0.717, 1.165) is 57.5 Å². The molecule has 6 aromatic carbocycles. The summed E-state index contributed by atoms with van der Waals surface area (Å²) < 4.78 is 140. The highest BCUT2D eigenvalue weighted by Crippen LogP contribution is 2.36. The van der Waals surface area contributed by atoms with Crippen molar-refractivity contribution < 1.29 is 52.7 Å². The Kier molecular flexibility index (Phi) is 10.8. The molecule has 0 unspecified atom stereocenters. The summed E-state index contributed by atoms with van der Waals surface area (Å²) in [5, 5.41) is 17.7. The maximum atomic E-state index is 12.9. The van der Waals surface area contributed by atoms with Gasteiger partial charge >= 0.3 is 12.7 Å². The Morgan fingerprint density at radius 2 is 0.833 bits per heavy atom. The number of benzene rings is 6. The smallest absolute Gasteiger partial charge is 0.404 e. The van der Waals surface area contributed by atoms with Crippen molar-refractivity contribution in [2.24, 2.45) is 0 Å². The predicted octanol–water partition coefficient (Wildman–Crippen LogP) is 10.8. The number of alkyl halides is 6. The van der Waals surface area contributed by atoms with Crippen molar-refractivity contribution in [3.05, 3.63) is 146 Å². The third-order valence-electron chi connectivity index (χ3n) is 9.93. The maximum Gasteiger partial charge on any atom is 0.573 e. The molecule has 0 spiro atoms. The van der Waals surface area contributed by atoms with Gasteiger partial charge in [-0.1, -0.05) is 60.7 Å². The van der Waals surface area contributed by atoms with E-state index >= 15 is 0 Å². The molecule has 6 N–H and O–H groups in total. The second kappa shape index (κ2) is 16.5. The number of sulfonamides is 2. The molecule has 0 amide bonds. The maximum absolute atomic E-state index is 12.9. The number of ether oxygens (including phenoxy) is 2. The molecule has 10 rings (SSSR count). The lowest BCUT2D eigenvalue weighted by molar-refractivity contribution is -0.276. The zero-order chi connectivity index (χ0) is 46.4. The van der Waals surface area contributed by atoms with E-state index in [1.54, 1.807) is 24.3 Å². The van der Waals surface area contributed by atoms with Crippen LogP contribution in [0.15, 0.2) is 155 Å². The number of aromatic nitrogens is 6.